The number of phenolic OH excluding ortho intramolecular Hbond substituents is 1. The smallest absolute Gasteiger partial charge is 0.169 e. The molecule has 0 spiro atoms. The first-order valence-corrected chi connectivity index (χ1v) is 14.7. The van der Waals surface area contributed by atoms with Crippen molar-refractivity contribution >= 4 is 11.5 Å². The number of nitrogen functional groups attached to an aromatic ring is 1. The maximum absolute atomic E-state index is 10.4. The van der Waals surface area contributed by atoms with Gasteiger partial charge in [0.15, 0.2) is 5.82 Å². The van der Waals surface area contributed by atoms with Crippen LogP contribution in [0.15, 0.2) is 48.7 Å². The molecule has 204 valence electrons. The van der Waals surface area contributed by atoms with Gasteiger partial charge in [-0.05, 0) is 91.2 Å². The molecule has 0 radical (unpaired) electrons. The molecule has 1 aromatic carbocycles. The summed E-state index contributed by atoms with van der Waals surface area (Å²) >= 11 is 0. The third kappa shape index (κ3) is 4.85. The Labute approximate surface area is 230 Å². The molecular weight excluding hydrogens is 486 g/mol. The average Bonchev–Trinajstić information content (AvgIpc) is 3.25. The molecule has 4 aliphatic rings. The van der Waals surface area contributed by atoms with E-state index in [1.807, 2.05) is 30.5 Å². The lowest BCUT2D eigenvalue weighted by molar-refractivity contribution is 0.0689. The number of para-hydroxylation sites is 1. The quantitative estimate of drug-likeness (QED) is 0.449. The van der Waals surface area contributed by atoms with E-state index < -0.39 is 0 Å². The van der Waals surface area contributed by atoms with Crippen LogP contribution < -0.4 is 16.0 Å². The standard InChI is InChI=1S/C31H39N7O/c32-31-29(17-28(35-36-31)24-3-1-2-4-30(24)39)38-10-6-21-14-27-25(21)15-22(19-38)26(27)16-23-13-20(5-7-34-23)18-37-11-8-33-9-12-37/h1-5,7,13,17,21-22,25-27,33,39H,6,8-12,14-16,18-19H2,(H2,32,36)/t21-,22-,25?,26+,27?/m0/s1. The van der Waals surface area contributed by atoms with E-state index in [4.69, 9.17) is 10.7 Å². The summed E-state index contributed by atoms with van der Waals surface area (Å²) in [6, 6.07) is 13.9. The fourth-order valence-corrected chi connectivity index (χ4v) is 7.93. The van der Waals surface area contributed by atoms with Crippen LogP contribution in [0, 0.1) is 29.6 Å². The van der Waals surface area contributed by atoms with Crippen LogP contribution in [-0.2, 0) is 13.0 Å². The molecule has 8 nitrogen and oxygen atoms in total. The maximum atomic E-state index is 10.4. The number of hydrogen-bond acceptors (Lipinski definition) is 8. The summed E-state index contributed by atoms with van der Waals surface area (Å²) in [5.74, 6) is 4.45. The van der Waals surface area contributed by atoms with Crippen molar-refractivity contribution in [3.63, 3.8) is 0 Å². The third-order valence-electron chi connectivity index (χ3n) is 9.95. The van der Waals surface area contributed by atoms with Crippen LogP contribution in [-0.4, -0.2) is 64.5 Å². The fourth-order valence-electron chi connectivity index (χ4n) is 7.93. The predicted molar refractivity (Wildman–Crippen MR) is 153 cm³/mol. The van der Waals surface area contributed by atoms with Crippen molar-refractivity contribution in [2.45, 2.75) is 32.2 Å². The van der Waals surface area contributed by atoms with Gasteiger partial charge in [-0.3, -0.25) is 9.88 Å². The Morgan fingerprint density at radius 2 is 1.82 bits per heavy atom. The maximum Gasteiger partial charge on any atom is 0.169 e. The number of anilines is 2. The minimum Gasteiger partial charge on any atom is -0.507 e. The van der Waals surface area contributed by atoms with E-state index in [1.54, 1.807) is 6.07 Å². The summed E-state index contributed by atoms with van der Waals surface area (Å²) in [6.07, 6.45) is 6.95. The van der Waals surface area contributed by atoms with Gasteiger partial charge in [0.25, 0.3) is 0 Å². The second-order valence-electron chi connectivity index (χ2n) is 12.1. The molecule has 2 aromatic heterocycles. The highest BCUT2D eigenvalue weighted by atomic mass is 16.3. The number of nitrogens with two attached hydrogens (primary N) is 1. The topological polar surface area (TPSA) is 103 Å². The van der Waals surface area contributed by atoms with Gasteiger partial charge in [0.1, 0.15) is 5.75 Å². The number of aromatic hydroxyl groups is 1. The first-order chi connectivity index (χ1) is 19.1. The van der Waals surface area contributed by atoms with Crippen molar-refractivity contribution in [1.82, 2.24) is 25.4 Å². The zero-order valence-corrected chi connectivity index (χ0v) is 22.5. The Morgan fingerprint density at radius 3 is 2.69 bits per heavy atom. The highest BCUT2D eigenvalue weighted by Gasteiger charge is 2.54. The Kier molecular flexibility index (Phi) is 6.60. The zero-order valence-electron chi connectivity index (χ0n) is 22.5. The molecule has 39 heavy (non-hydrogen) atoms. The van der Waals surface area contributed by atoms with Crippen LogP contribution in [0.2, 0.25) is 0 Å². The molecular formula is C31H39N7O. The number of nitrogens with one attached hydrogen (secondary N) is 1. The number of phenols is 1. The second kappa shape index (κ2) is 10.4. The van der Waals surface area contributed by atoms with E-state index in [0.717, 1.165) is 75.7 Å². The van der Waals surface area contributed by atoms with Gasteiger partial charge in [0.2, 0.25) is 0 Å². The SMILES string of the molecule is Nc1nnc(-c2ccccc2O)cc1N1CC[C@H]2CC3C2C[C@@H](C1)[C@H]3Cc1cc(CN2CCNCC2)ccn1. The van der Waals surface area contributed by atoms with Gasteiger partial charge in [0.05, 0.1) is 11.4 Å². The van der Waals surface area contributed by atoms with Crippen molar-refractivity contribution < 1.29 is 5.11 Å². The van der Waals surface area contributed by atoms with Crippen LogP contribution in [0.4, 0.5) is 11.5 Å². The molecule has 2 aliphatic heterocycles. The first kappa shape index (κ1) is 24.8. The fraction of sp³-hybridized carbons (Fsp3) is 0.516. The van der Waals surface area contributed by atoms with Crippen molar-refractivity contribution in [3.8, 4) is 17.0 Å². The molecule has 2 aliphatic carbocycles. The highest BCUT2D eigenvalue weighted by molar-refractivity contribution is 5.74. The van der Waals surface area contributed by atoms with Crippen molar-refractivity contribution in [1.29, 1.82) is 0 Å². The van der Waals surface area contributed by atoms with Gasteiger partial charge in [-0.1, -0.05) is 12.1 Å². The van der Waals surface area contributed by atoms with Crippen LogP contribution in [0.3, 0.4) is 0 Å². The van der Waals surface area contributed by atoms with E-state index >= 15 is 0 Å². The van der Waals surface area contributed by atoms with Crippen molar-refractivity contribution in [2.75, 3.05) is 49.9 Å². The Morgan fingerprint density at radius 1 is 0.974 bits per heavy atom. The molecule has 4 heterocycles. The first-order valence-electron chi connectivity index (χ1n) is 14.7. The van der Waals surface area contributed by atoms with E-state index in [-0.39, 0.29) is 5.75 Å². The largest absolute Gasteiger partial charge is 0.507 e. The van der Waals surface area contributed by atoms with E-state index in [1.165, 1.54) is 30.5 Å². The van der Waals surface area contributed by atoms with Crippen molar-refractivity contribution in [2.24, 2.45) is 29.6 Å². The molecule has 0 amide bonds. The van der Waals surface area contributed by atoms with E-state index in [0.29, 0.717) is 28.9 Å². The second-order valence-corrected chi connectivity index (χ2v) is 12.1. The van der Waals surface area contributed by atoms with Gasteiger partial charge in [-0.2, -0.15) is 0 Å². The number of fused-ring (bicyclic) bond motifs is 1. The van der Waals surface area contributed by atoms with Gasteiger partial charge in [0, 0.05) is 63.3 Å². The summed E-state index contributed by atoms with van der Waals surface area (Å²) in [4.78, 5) is 9.84. The number of benzene rings is 1. The van der Waals surface area contributed by atoms with Crippen molar-refractivity contribution in [3.05, 3.63) is 59.9 Å². The van der Waals surface area contributed by atoms with E-state index in [2.05, 4.69) is 37.4 Å². The van der Waals surface area contributed by atoms with Gasteiger partial charge < -0.3 is 21.1 Å². The number of nitrogens with zero attached hydrogens (tertiary/aromatic N) is 5. The number of rotatable bonds is 6. The molecule has 4 N–H and O–H groups in total. The normalized spacial score (nSPS) is 28.5. The molecule has 3 aromatic rings. The number of aromatic nitrogens is 3. The summed E-state index contributed by atoms with van der Waals surface area (Å²) in [6.45, 7) is 7.37. The predicted octanol–water partition coefficient (Wildman–Crippen LogP) is 3.57. The van der Waals surface area contributed by atoms with E-state index in [9.17, 15) is 5.11 Å². The van der Waals surface area contributed by atoms with Gasteiger partial charge in [-0.25, -0.2) is 0 Å². The molecule has 8 heteroatoms. The highest BCUT2D eigenvalue weighted by Crippen LogP contribution is 2.59. The lowest BCUT2D eigenvalue weighted by Gasteiger charge is -2.43. The molecule has 2 saturated carbocycles. The summed E-state index contributed by atoms with van der Waals surface area (Å²) in [5.41, 5.74) is 11.4. The van der Waals surface area contributed by atoms with Gasteiger partial charge in [-0.15, -0.1) is 10.2 Å². The molecule has 5 atom stereocenters. The Hall–Kier alpha value is -3.23. The zero-order chi connectivity index (χ0) is 26.3. The lowest BCUT2D eigenvalue weighted by Crippen LogP contribution is -2.42. The summed E-state index contributed by atoms with van der Waals surface area (Å²) in [5, 5.41) is 22.5. The number of piperazine rings is 1. The molecule has 2 saturated heterocycles. The number of hydrogen-bond donors (Lipinski definition) is 3. The molecule has 2 unspecified atom stereocenters. The molecule has 2 bridgehead atoms. The Bertz CT molecular complexity index is 1330. The minimum absolute atomic E-state index is 0.210. The molecule has 7 rings (SSSR count). The van der Waals surface area contributed by atoms with Crippen LogP contribution >= 0.6 is 0 Å². The Balaban J connectivity index is 1.11. The van der Waals surface area contributed by atoms with Crippen LogP contribution in [0.5, 0.6) is 5.75 Å². The summed E-state index contributed by atoms with van der Waals surface area (Å²) < 4.78 is 0. The third-order valence-corrected chi connectivity index (χ3v) is 9.95. The lowest BCUT2D eigenvalue weighted by atomic mass is 9.62. The van der Waals surface area contributed by atoms with Gasteiger partial charge >= 0.3 is 0 Å². The summed E-state index contributed by atoms with van der Waals surface area (Å²) in [7, 11) is 0. The average molecular weight is 526 g/mol. The monoisotopic (exact) mass is 525 g/mol. The molecule has 4 fully saturated rings. The minimum atomic E-state index is 0.210. The van der Waals surface area contributed by atoms with Crippen LogP contribution in [0.1, 0.15) is 30.5 Å². The number of pyridine rings is 1. The van der Waals surface area contributed by atoms with Crippen LogP contribution in [0.25, 0.3) is 11.3 Å².